The molecular formula is C16H13N3O6. The molecule has 0 aromatic heterocycles. The number of hydrogen-bond acceptors (Lipinski definition) is 6. The van der Waals surface area contributed by atoms with Crippen LogP contribution < -0.4 is 5.32 Å². The van der Waals surface area contributed by atoms with Crippen molar-refractivity contribution >= 4 is 23.0 Å². The maximum atomic E-state index is 12.1. The van der Waals surface area contributed by atoms with E-state index in [1.807, 2.05) is 0 Å². The van der Waals surface area contributed by atoms with E-state index in [1.54, 1.807) is 0 Å². The minimum Gasteiger partial charge on any atom is -0.383 e. The first kappa shape index (κ1) is 17.8. The fourth-order valence-electron chi connectivity index (χ4n) is 2.01. The van der Waals surface area contributed by atoms with Gasteiger partial charge in [0.25, 0.3) is 17.3 Å². The highest BCUT2D eigenvalue weighted by Crippen LogP contribution is 2.25. The minimum absolute atomic E-state index is 0.131. The summed E-state index contributed by atoms with van der Waals surface area (Å²) in [6.07, 6.45) is -1.43. The van der Waals surface area contributed by atoms with Crippen molar-refractivity contribution in [2.24, 2.45) is 0 Å². The van der Waals surface area contributed by atoms with Crippen LogP contribution >= 0.6 is 0 Å². The SMILES string of the molecule is C=C(C(=O)Nc1ccc([N+](=O)[O-])cc1)C(O)c1cccc([N+](=O)[O-])c1. The van der Waals surface area contributed by atoms with Crippen molar-refractivity contribution in [2.45, 2.75) is 6.10 Å². The van der Waals surface area contributed by atoms with Gasteiger partial charge in [-0.25, -0.2) is 0 Å². The Bertz CT molecular complexity index is 847. The Hall–Kier alpha value is -3.59. The lowest BCUT2D eigenvalue weighted by molar-refractivity contribution is -0.385. The zero-order chi connectivity index (χ0) is 18.6. The van der Waals surface area contributed by atoms with Crippen LogP contribution in [0.2, 0.25) is 0 Å². The lowest BCUT2D eigenvalue weighted by atomic mass is 10.0. The average Bonchev–Trinajstić information content (AvgIpc) is 2.60. The molecule has 2 aromatic rings. The number of carbonyl (C=O) groups is 1. The number of hydrogen-bond donors (Lipinski definition) is 2. The third-order valence-corrected chi connectivity index (χ3v) is 3.35. The van der Waals surface area contributed by atoms with Gasteiger partial charge in [-0.15, -0.1) is 0 Å². The van der Waals surface area contributed by atoms with Crippen LogP contribution in [0.5, 0.6) is 0 Å². The highest BCUT2D eigenvalue weighted by atomic mass is 16.6. The average molecular weight is 343 g/mol. The van der Waals surface area contributed by atoms with E-state index in [0.29, 0.717) is 0 Å². The number of nitrogens with zero attached hydrogens (tertiary/aromatic N) is 2. The van der Waals surface area contributed by atoms with Crippen LogP contribution in [-0.4, -0.2) is 20.9 Å². The Morgan fingerprint density at radius 2 is 1.64 bits per heavy atom. The second-order valence-electron chi connectivity index (χ2n) is 5.04. The molecule has 0 bridgehead atoms. The quantitative estimate of drug-likeness (QED) is 0.470. The number of aliphatic hydroxyl groups is 1. The molecule has 1 unspecified atom stereocenters. The fourth-order valence-corrected chi connectivity index (χ4v) is 2.01. The van der Waals surface area contributed by atoms with E-state index in [-0.39, 0.29) is 28.2 Å². The zero-order valence-electron chi connectivity index (χ0n) is 12.8. The molecule has 9 heteroatoms. The predicted octanol–water partition coefficient (Wildman–Crippen LogP) is 2.73. The molecule has 25 heavy (non-hydrogen) atoms. The molecule has 9 nitrogen and oxygen atoms in total. The summed E-state index contributed by atoms with van der Waals surface area (Å²) in [4.78, 5) is 32.3. The summed E-state index contributed by atoms with van der Waals surface area (Å²) in [7, 11) is 0. The molecule has 128 valence electrons. The molecule has 1 atom stereocenters. The smallest absolute Gasteiger partial charge is 0.269 e. The number of nitrogens with one attached hydrogen (secondary N) is 1. The van der Waals surface area contributed by atoms with E-state index in [1.165, 1.54) is 42.5 Å². The number of amides is 1. The highest BCUT2D eigenvalue weighted by Gasteiger charge is 2.20. The molecule has 0 spiro atoms. The maximum Gasteiger partial charge on any atom is 0.269 e. The van der Waals surface area contributed by atoms with Crippen molar-refractivity contribution in [3.05, 3.63) is 86.5 Å². The fraction of sp³-hybridized carbons (Fsp3) is 0.0625. The largest absolute Gasteiger partial charge is 0.383 e. The Morgan fingerprint density at radius 3 is 2.20 bits per heavy atom. The summed E-state index contributed by atoms with van der Waals surface area (Å²) >= 11 is 0. The monoisotopic (exact) mass is 343 g/mol. The summed E-state index contributed by atoms with van der Waals surface area (Å²) in [5.41, 5.74) is -0.145. The maximum absolute atomic E-state index is 12.1. The second-order valence-corrected chi connectivity index (χ2v) is 5.04. The lowest BCUT2D eigenvalue weighted by Gasteiger charge is -2.14. The van der Waals surface area contributed by atoms with Crippen LogP contribution in [0.4, 0.5) is 17.1 Å². The van der Waals surface area contributed by atoms with Crippen LogP contribution in [0.15, 0.2) is 60.7 Å². The summed E-state index contributed by atoms with van der Waals surface area (Å²) in [5, 5.41) is 34.0. The van der Waals surface area contributed by atoms with Crippen molar-refractivity contribution < 1.29 is 19.7 Å². The van der Waals surface area contributed by atoms with Crippen LogP contribution in [-0.2, 0) is 4.79 Å². The van der Waals surface area contributed by atoms with E-state index >= 15 is 0 Å². The summed E-state index contributed by atoms with van der Waals surface area (Å²) in [6, 6.07) is 10.3. The zero-order valence-corrected chi connectivity index (χ0v) is 12.8. The summed E-state index contributed by atoms with van der Waals surface area (Å²) in [5.74, 6) is -0.715. The van der Waals surface area contributed by atoms with Crippen molar-refractivity contribution in [3.8, 4) is 0 Å². The van der Waals surface area contributed by atoms with Gasteiger partial charge in [0.1, 0.15) is 6.10 Å². The Morgan fingerprint density at radius 1 is 1.04 bits per heavy atom. The van der Waals surface area contributed by atoms with Gasteiger partial charge in [-0.1, -0.05) is 18.7 Å². The number of aliphatic hydroxyl groups excluding tert-OH is 1. The molecule has 0 radical (unpaired) electrons. The van der Waals surface area contributed by atoms with Crippen molar-refractivity contribution in [3.63, 3.8) is 0 Å². The summed E-state index contributed by atoms with van der Waals surface area (Å²) < 4.78 is 0. The van der Waals surface area contributed by atoms with Gasteiger partial charge in [-0.3, -0.25) is 25.0 Å². The van der Waals surface area contributed by atoms with E-state index in [0.717, 1.165) is 6.07 Å². The van der Waals surface area contributed by atoms with Gasteiger partial charge in [0.2, 0.25) is 0 Å². The number of benzene rings is 2. The predicted molar refractivity (Wildman–Crippen MR) is 88.9 cm³/mol. The molecule has 2 aromatic carbocycles. The van der Waals surface area contributed by atoms with Gasteiger partial charge in [0.15, 0.2) is 0 Å². The first-order chi connectivity index (χ1) is 11.8. The van der Waals surface area contributed by atoms with Crippen LogP contribution in [0, 0.1) is 20.2 Å². The van der Waals surface area contributed by atoms with Crippen molar-refractivity contribution in [1.29, 1.82) is 0 Å². The van der Waals surface area contributed by atoms with Crippen LogP contribution in [0.25, 0.3) is 0 Å². The first-order valence-electron chi connectivity index (χ1n) is 6.96. The molecule has 0 saturated heterocycles. The first-order valence-corrected chi connectivity index (χ1v) is 6.96. The molecular weight excluding hydrogens is 330 g/mol. The Kier molecular flexibility index (Phi) is 5.20. The standard InChI is InChI=1S/C16H13N3O6/c1-10(15(20)11-3-2-4-14(9-11)19(24)25)16(21)17-12-5-7-13(8-6-12)18(22)23/h2-9,15,20H,1H2,(H,17,21). The van der Waals surface area contributed by atoms with Gasteiger partial charge in [-0.2, -0.15) is 0 Å². The van der Waals surface area contributed by atoms with Crippen molar-refractivity contribution in [1.82, 2.24) is 0 Å². The molecule has 2 rings (SSSR count). The molecule has 1 amide bonds. The third kappa shape index (κ3) is 4.24. The number of anilines is 1. The number of non-ortho nitro benzene ring substituents is 2. The molecule has 0 aliphatic carbocycles. The molecule has 2 N–H and O–H groups in total. The van der Waals surface area contributed by atoms with Crippen molar-refractivity contribution in [2.75, 3.05) is 5.32 Å². The van der Waals surface area contributed by atoms with E-state index in [9.17, 15) is 30.1 Å². The number of rotatable bonds is 6. The topological polar surface area (TPSA) is 136 Å². The van der Waals surface area contributed by atoms with Gasteiger partial charge in [0, 0.05) is 35.5 Å². The van der Waals surface area contributed by atoms with E-state index < -0.39 is 21.9 Å². The van der Waals surface area contributed by atoms with Crippen LogP contribution in [0.1, 0.15) is 11.7 Å². The molecule has 0 fully saturated rings. The van der Waals surface area contributed by atoms with Gasteiger partial charge >= 0.3 is 0 Å². The Labute approximate surface area is 141 Å². The summed E-state index contributed by atoms with van der Waals surface area (Å²) in [6.45, 7) is 3.51. The van der Waals surface area contributed by atoms with E-state index in [2.05, 4.69) is 11.9 Å². The number of nitro benzene ring substituents is 2. The van der Waals surface area contributed by atoms with Gasteiger partial charge < -0.3 is 10.4 Å². The Balaban J connectivity index is 2.11. The van der Waals surface area contributed by atoms with Crippen LogP contribution in [0.3, 0.4) is 0 Å². The van der Waals surface area contributed by atoms with Gasteiger partial charge in [-0.05, 0) is 17.7 Å². The molecule has 0 aliphatic rings. The van der Waals surface area contributed by atoms with E-state index in [4.69, 9.17) is 0 Å². The second kappa shape index (κ2) is 7.32. The molecule has 0 saturated carbocycles. The number of carbonyl (C=O) groups excluding carboxylic acids is 1. The van der Waals surface area contributed by atoms with Gasteiger partial charge in [0.05, 0.1) is 9.85 Å². The minimum atomic E-state index is -1.43. The number of nitro groups is 2. The molecule has 0 heterocycles. The molecule has 0 aliphatic heterocycles. The normalized spacial score (nSPS) is 11.4. The lowest BCUT2D eigenvalue weighted by Crippen LogP contribution is -2.18. The third-order valence-electron chi connectivity index (χ3n) is 3.35. The highest BCUT2D eigenvalue weighted by molar-refractivity contribution is 6.04.